The standard InChI is InChI=1S/2C6H12N2.ClH/c2*1-3-8-5-4-7(2)6-8;/h2*4-5H,3,6H2,1-2H3;1H. The molecule has 2 aliphatic heterocycles. The van der Waals surface area contributed by atoms with Crippen LogP contribution in [0.1, 0.15) is 13.8 Å². The Hall–Kier alpha value is -1.03. The van der Waals surface area contributed by atoms with E-state index in [0.717, 1.165) is 26.4 Å². The molecule has 100 valence electrons. The van der Waals surface area contributed by atoms with E-state index in [9.17, 15) is 0 Å². The molecular weight excluding hydrogens is 236 g/mol. The molecule has 0 bridgehead atoms. The average molecular weight is 261 g/mol. The lowest BCUT2D eigenvalue weighted by atomic mass is 10.6. The van der Waals surface area contributed by atoms with E-state index in [1.165, 1.54) is 0 Å². The molecule has 0 fully saturated rings. The molecule has 5 heteroatoms. The Labute approximate surface area is 112 Å². The first-order valence-electron chi connectivity index (χ1n) is 5.91. The average Bonchev–Trinajstić information content (AvgIpc) is 2.88. The molecule has 0 atom stereocenters. The number of nitrogens with zero attached hydrogens (tertiary/aromatic N) is 4. The SMILES string of the molecule is CCN1C=CN(C)C1.CCN1C=CN(C)C1.Cl. The molecule has 2 rings (SSSR count). The second kappa shape index (κ2) is 8.12. The number of hydrogen-bond acceptors (Lipinski definition) is 4. The van der Waals surface area contributed by atoms with Crippen molar-refractivity contribution in [3.63, 3.8) is 0 Å². The van der Waals surface area contributed by atoms with E-state index in [1.807, 2.05) is 0 Å². The summed E-state index contributed by atoms with van der Waals surface area (Å²) < 4.78 is 0. The molecule has 0 saturated carbocycles. The van der Waals surface area contributed by atoms with Crippen molar-refractivity contribution in [2.75, 3.05) is 40.5 Å². The predicted molar refractivity (Wildman–Crippen MR) is 75.5 cm³/mol. The lowest BCUT2D eigenvalue weighted by Gasteiger charge is -2.14. The molecule has 0 aromatic heterocycles. The Kier molecular flexibility index (Phi) is 7.63. The third kappa shape index (κ3) is 5.73. The second-order valence-corrected chi connectivity index (χ2v) is 4.20. The first-order chi connectivity index (χ1) is 7.65. The summed E-state index contributed by atoms with van der Waals surface area (Å²) in [7, 11) is 4.15. The third-order valence-corrected chi connectivity index (χ3v) is 2.69. The number of halogens is 1. The summed E-state index contributed by atoms with van der Waals surface area (Å²) in [4.78, 5) is 8.81. The molecule has 0 unspecified atom stereocenters. The summed E-state index contributed by atoms with van der Waals surface area (Å²) >= 11 is 0. The second-order valence-electron chi connectivity index (χ2n) is 4.20. The van der Waals surface area contributed by atoms with Gasteiger partial charge in [0.15, 0.2) is 0 Å². The highest BCUT2D eigenvalue weighted by molar-refractivity contribution is 5.85. The fraction of sp³-hybridized carbons (Fsp3) is 0.667. The van der Waals surface area contributed by atoms with Crippen LogP contribution in [0.3, 0.4) is 0 Å². The first-order valence-corrected chi connectivity index (χ1v) is 5.91. The van der Waals surface area contributed by atoms with Crippen molar-refractivity contribution in [3.8, 4) is 0 Å². The molecule has 17 heavy (non-hydrogen) atoms. The molecule has 0 aromatic carbocycles. The van der Waals surface area contributed by atoms with Crippen LogP contribution in [-0.2, 0) is 0 Å². The van der Waals surface area contributed by atoms with E-state index in [0.29, 0.717) is 0 Å². The minimum Gasteiger partial charge on any atom is -0.362 e. The predicted octanol–water partition coefficient (Wildman–Crippen LogP) is 1.79. The van der Waals surface area contributed by atoms with E-state index in [4.69, 9.17) is 0 Å². The fourth-order valence-corrected chi connectivity index (χ4v) is 1.59. The van der Waals surface area contributed by atoms with Crippen molar-refractivity contribution >= 4 is 12.4 Å². The molecule has 0 N–H and O–H groups in total. The number of rotatable bonds is 2. The minimum absolute atomic E-state index is 0. The maximum absolute atomic E-state index is 2.25. The molecule has 4 nitrogen and oxygen atoms in total. The van der Waals surface area contributed by atoms with Gasteiger partial charge in [0.1, 0.15) is 0 Å². The Balaban J connectivity index is 0.000000284. The van der Waals surface area contributed by atoms with E-state index < -0.39 is 0 Å². The van der Waals surface area contributed by atoms with Crippen molar-refractivity contribution in [1.29, 1.82) is 0 Å². The Bertz CT molecular complexity index is 229. The van der Waals surface area contributed by atoms with Gasteiger partial charge >= 0.3 is 0 Å². The molecule has 0 radical (unpaired) electrons. The van der Waals surface area contributed by atoms with E-state index in [2.05, 4.69) is 72.3 Å². The monoisotopic (exact) mass is 260 g/mol. The van der Waals surface area contributed by atoms with Gasteiger partial charge in [0.05, 0.1) is 13.3 Å². The van der Waals surface area contributed by atoms with Crippen molar-refractivity contribution in [3.05, 3.63) is 24.8 Å². The Morgan fingerprint density at radius 1 is 0.765 bits per heavy atom. The molecule has 0 amide bonds. The van der Waals surface area contributed by atoms with Crippen LogP contribution < -0.4 is 0 Å². The van der Waals surface area contributed by atoms with Gasteiger partial charge in [-0.15, -0.1) is 12.4 Å². The van der Waals surface area contributed by atoms with Crippen molar-refractivity contribution in [2.24, 2.45) is 0 Å². The molecular formula is C12H25ClN4. The Morgan fingerprint density at radius 2 is 1.12 bits per heavy atom. The zero-order chi connectivity index (χ0) is 12.0. The lowest BCUT2D eigenvalue weighted by Crippen LogP contribution is -2.21. The van der Waals surface area contributed by atoms with Gasteiger partial charge in [-0.3, -0.25) is 0 Å². The van der Waals surface area contributed by atoms with E-state index in [1.54, 1.807) is 0 Å². The topological polar surface area (TPSA) is 13.0 Å². The van der Waals surface area contributed by atoms with Crippen LogP contribution in [0.25, 0.3) is 0 Å². The molecule has 0 aliphatic carbocycles. The molecule has 2 heterocycles. The highest BCUT2D eigenvalue weighted by Gasteiger charge is 2.03. The molecule has 0 aromatic rings. The van der Waals surface area contributed by atoms with Crippen LogP contribution in [0.2, 0.25) is 0 Å². The van der Waals surface area contributed by atoms with Gasteiger partial charge in [-0.1, -0.05) is 0 Å². The fourth-order valence-electron chi connectivity index (χ4n) is 1.59. The van der Waals surface area contributed by atoms with Gasteiger partial charge in [-0.05, 0) is 13.8 Å². The first kappa shape index (κ1) is 16.0. The summed E-state index contributed by atoms with van der Waals surface area (Å²) in [5.74, 6) is 0. The maximum atomic E-state index is 2.25. The lowest BCUT2D eigenvalue weighted by molar-refractivity contribution is 0.308. The largest absolute Gasteiger partial charge is 0.362 e. The summed E-state index contributed by atoms with van der Waals surface area (Å²) in [6.45, 7) is 8.64. The van der Waals surface area contributed by atoms with Crippen LogP contribution >= 0.6 is 12.4 Å². The molecule has 0 saturated heterocycles. The van der Waals surface area contributed by atoms with Crippen LogP contribution in [0.5, 0.6) is 0 Å². The van der Waals surface area contributed by atoms with Crippen molar-refractivity contribution < 1.29 is 0 Å². The summed E-state index contributed by atoms with van der Waals surface area (Å²) in [6.07, 6.45) is 8.40. The highest BCUT2D eigenvalue weighted by Crippen LogP contribution is 2.01. The van der Waals surface area contributed by atoms with Gasteiger partial charge in [0, 0.05) is 52.0 Å². The highest BCUT2D eigenvalue weighted by atomic mass is 35.5. The normalized spacial score (nSPS) is 17.2. The van der Waals surface area contributed by atoms with Crippen LogP contribution in [0.15, 0.2) is 24.8 Å². The maximum Gasteiger partial charge on any atom is 0.0890 e. The van der Waals surface area contributed by atoms with Gasteiger partial charge in [0.25, 0.3) is 0 Å². The van der Waals surface area contributed by atoms with Gasteiger partial charge in [0.2, 0.25) is 0 Å². The smallest absolute Gasteiger partial charge is 0.0890 e. The van der Waals surface area contributed by atoms with Gasteiger partial charge < -0.3 is 19.6 Å². The third-order valence-electron chi connectivity index (χ3n) is 2.69. The summed E-state index contributed by atoms with van der Waals surface area (Å²) in [6, 6.07) is 0. The van der Waals surface area contributed by atoms with Crippen LogP contribution in [-0.4, -0.2) is 60.1 Å². The van der Waals surface area contributed by atoms with Gasteiger partial charge in [-0.25, -0.2) is 0 Å². The molecule has 0 spiro atoms. The van der Waals surface area contributed by atoms with Crippen LogP contribution in [0.4, 0.5) is 0 Å². The quantitative estimate of drug-likeness (QED) is 0.751. The van der Waals surface area contributed by atoms with Crippen molar-refractivity contribution in [1.82, 2.24) is 19.6 Å². The summed E-state index contributed by atoms with van der Waals surface area (Å²) in [5.41, 5.74) is 0. The van der Waals surface area contributed by atoms with E-state index >= 15 is 0 Å². The van der Waals surface area contributed by atoms with Gasteiger partial charge in [-0.2, -0.15) is 0 Å². The molecule has 2 aliphatic rings. The number of hydrogen-bond donors (Lipinski definition) is 0. The van der Waals surface area contributed by atoms with E-state index in [-0.39, 0.29) is 12.4 Å². The summed E-state index contributed by atoms with van der Waals surface area (Å²) in [5, 5.41) is 0. The van der Waals surface area contributed by atoms with Crippen molar-refractivity contribution in [2.45, 2.75) is 13.8 Å². The van der Waals surface area contributed by atoms with Crippen LogP contribution in [0, 0.1) is 0 Å². The minimum atomic E-state index is 0. The zero-order valence-electron chi connectivity index (χ0n) is 11.3. The Morgan fingerprint density at radius 3 is 1.24 bits per heavy atom. The zero-order valence-corrected chi connectivity index (χ0v) is 12.2.